The predicted molar refractivity (Wildman–Crippen MR) is 110 cm³/mol. The molecule has 0 saturated heterocycles. The molecule has 2 rings (SSSR count). The molecule has 29 heavy (non-hydrogen) atoms. The van der Waals surface area contributed by atoms with Crippen molar-refractivity contribution >= 4 is 11.8 Å². The SMILES string of the molecule is CCCCOc1c(OCCCC)c(C(N)=O)n(-c2ccc(OC)cc2)c1C(N)=O. The first-order valence-electron chi connectivity index (χ1n) is 9.74. The summed E-state index contributed by atoms with van der Waals surface area (Å²) in [5, 5.41) is 0. The van der Waals surface area contributed by atoms with Crippen molar-refractivity contribution in [3.05, 3.63) is 35.7 Å². The first-order valence-corrected chi connectivity index (χ1v) is 9.74. The maximum Gasteiger partial charge on any atom is 0.269 e. The molecule has 0 aliphatic carbocycles. The smallest absolute Gasteiger partial charge is 0.269 e. The molecule has 0 aliphatic rings. The normalized spacial score (nSPS) is 10.6. The number of carbonyl (C=O) groups is 2. The Labute approximate surface area is 170 Å². The monoisotopic (exact) mass is 403 g/mol. The summed E-state index contributed by atoms with van der Waals surface area (Å²) in [5.41, 5.74) is 11.9. The zero-order chi connectivity index (χ0) is 21.4. The van der Waals surface area contributed by atoms with Gasteiger partial charge in [0.25, 0.3) is 11.8 Å². The number of aromatic nitrogens is 1. The van der Waals surface area contributed by atoms with Crippen LogP contribution < -0.4 is 25.7 Å². The summed E-state index contributed by atoms with van der Waals surface area (Å²) >= 11 is 0. The van der Waals surface area contributed by atoms with Gasteiger partial charge >= 0.3 is 0 Å². The third-order valence-electron chi connectivity index (χ3n) is 4.37. The van der Waals surface area contributed by atoms with Gasteiger partial charge in [0.1, 0.15) is 5.75 Å². The van der Waals surface area contributed by atoms with Gasteiger partial charge in [0.05, 0.1) is 20.3 Å². The van der Waals surface area contributed by atoms with Crippen LogP contribution in [-0.2, 0) is 0 Å². The Morgan fingerprint density at radius 1 is 0.862 bits per heavy atom. The minimum absolute atomic E-state index is 0.0200. The second kappa shape index (κ2) is 10.4. The minimum Gasteiger partial charge on any atom is -0.497 e. The van der Waals surface area contributed by atoms with Crippen LogP contribution in [0.1, 0.15) is 60.5 Å². The van der Waals surface area contributed by atoms with E-state index in [0.717, 1.165) is 25.7 Å². The second-order valence-electron chi connectivity index (χ2n) is 6.52. The Hall–Kier alpha value is -3.16. The molecule has 4 N–H and O–H groups in total. The largest absolute Gasteiger partial charge is 0.497 e. The van der Waals surface area contributed by atoms with Crippen molar-refractivity contribution in [1.29, 1.82) is 0 Å². The van der Waals surface area contributed by atoms with E-state index in [1.807, 2.05) is 13.8 Å². The molecule has 0 saturated carbocycles. The van der Waals surface area contributed by atoms with Crippen molar-refractivity contribution < 1.29 is 23.8 Å². The van der Waals surface area contributed by atoms with E-state index in [1.54, 1.807) is 31.4 Å². The lowest BCUT2D eigenvalue weighted by Gasteiger charge is -2.11. The molecule has 0 aliphatic heterocycles. The lowest BCUT2D eigenvalue weighted by atomic mass is 10.2. The number of ether oxygens (including phenoxy) is 3. The van der Waals surface area contributed by atoms with Crippen LogP contribution >= 0.6 is 0 Å². The van der Waals surface area contributed by atoms with E-state index in [0.29, 0.717) is 24.7 Å². The van der Waals surface area contributed by atoms with Gasteiger partial charge in [0, 0.05) is 5.69 Å². The van der Waals surface area contributed by atoms with Gasteiger partial charge in [-0.15, -0.1) is 0 Å². The highest BCUT2D eigenvalue weighted by Crippen LogP contribution is 2.40. The van der Waals surface area contributed by atoms with Gasteiger partial charge in [0.15, 0.2) is 22.9 Å². The molecule has 2 aromatic rings. The van der Waals surface area contributed by atoms with Crippen molar-refractivity contribution in [1.82, 2.24) is 4.57 Å². The molecule has 0 bridgehead atoms. The topological polar surface area (TPSA) is 119 Å². The van der Waals surface area contributed by atoms with Crippen LogP contribution in [0, 0.1) is 0 Å². The van der Waals surface area contributed by atoms with Crippen molar-refractivity contribution in [2.45, 2.75) is 39.5 Å². The van der Waals surface area contributed by atoms with Crippen LogP contribution in [0.25, 0.3) is 5.69 Å². The molecule has 0 spiro atoms. The summed E-state index contributed by atoms with van der Waals surface area (Å²) in [5.74, 6) is -0.584. The summed E-state index contributed by atoms with van der Waals surface area (Å²) < 4.78 is 18.3. The molecule has 158 valence electrons. The summed E-state index contributed by atoms with van der Waals surface area (Å²) in [7, 11) is 1.55. The summed E-state index contributed by atoms with van der Waals surface area (Å²) in [6.07, 6.45) is 3.35. The molecule has 1 aromatic heterocycles. The van der Waals surface area contributed by atoms with Crippen LogP contribution in [0.3, 0.4) is 0 Å². The molecule has 2 amide bonds. The van der Waals surface area contributed by atoms with Crippen molar-refractivity contribution in [2.75, 3.05) is 20.3 Å². The Morgan fingerprint density at radius 2 is 1.31 bits per heavy atom. The molecule has 0 fully saturated rings. The Morgan fingerprint density at radius 3 is 1.66 bits per heavy atom. The van der Waals surface area contributed by atoms with Gasteiger partial charge in [-0.2, -0.15) is 0 Å². The molecule has 0 atom stereocenters. The number of rotatable bonds is 12. The maximum atomic E-state index is 12.4. The van der Waals surface area contributed by atoms with Gasteiger partial charge in [-0.1, -0.05) is 26.7 Å². The Balaban J connectivity index is 2.71. The van der Waals surface area contributed by atoms with E-state index < -0.39 is 11.8 Å². The van der Waals surface area contributed by atoms with E-state index in [1.165, 1.54) is 4.57 Å². The lowest BCUT2D eigenvalue weighted by Crippen LogP contribution is -2.22. The van der Waals surface area contributed by atoms with E-state index >= 15 is 0 Å². The molecular weight excluding hydrogens is 374 g/mol. The third-order valence-corrected chi connectivity index (χ3v) is 4.37. The number of methoxy groups -OCH3 is 1. The first-order chi connectivity index (χ1) is 14.0. The fourth-order valence-corrected chi connectivity index (χ4v) is 2.87. The van der Waals surface area contributed by atoms with Crippen LogP contribution in [0.15, 0.2) is 24.3 Å². The van der Waals surface area contributed by atoms with Crippen LogP contribution in [0.2, 0.25) is 0 Å². The highest BCUT2D eigenvalue weighted by Gasteiger charge is 2.32. The number of nitrogens with zero attached hydrogens (tertiary/aromatic N) is 1. The molecule has 1 aromatic carbocycles. The standard InChI is InChI=1S/C21H29N3O5/c1-4-6-12-28-18-16(20(22)25)24(14-8-10-15(27-3)11-9-14)17(21(23)26)19(18)29-13-7-5-2/h8-11H,4-7,12-13H2,1-3H3,(H2,22,25)(H2,23,26). The van der Waals surface area contributed by atoms with E-state index in [-0.39, 0.29) is 22.9 Å². The third kappa shape index (κ3) is 5.01. The second-order valence-corrected chi connectivity index (χ2v) is 6.52. The Bertz CT molecular complexity index is 797. The Kier molecular flexibility index (Phi) is 7.94. The van der Waals surface area contributed by atoms with Crippen molar-refractivity contribution in [3.63, 3.8) is 0 Å². The fourth-order valence-electron chi connectivity index (χ4n) is 2.87. The van der Waals surface area contributed by atoms with E-state index in [2.05, 4.69) is 0 Å². The summed E-state index contributed by atoms with van der Waals surface area (Å²) in [6.45, 7) is 4.75. The molecule has 0 unspecified atom stereocenters. The predicted octanol–water partition coefficient (Wildman–Crippen LogP) is 3.04. The van der Waals surface area contributed by atoms with Crippen LogP contribution in [0.4, 0.5) is 0 Å². The fraction of sp³-hybridized carbons (Fsp3) is 0.429. The first kappa shape index (κ1) is 22.1. The van der Waals surface area contributed by atoms with Gasteiger partial charge in [-0.05, 0) is 37.1 Å². The van der Waals surface area contributed by atoms with Crippen molar-refractivity contribution in [2.24, 2.45) is 11.5 Å². The number of amides is 2. The van der Waals surface area contributed by atoms with Gasteiger partial charge in [-0.3, -0.25) is 14.2 Å². The zero-order valence-corrected chi connectivity index (χ0v) is 17.2. The average molecular weight is 403 g/mol. The molecule has 0 radical (unpaired) electrons. The highest BCUT2D eigenvalue weighted by atomic mass is 16.5. The van der Waals surface area contributed by atoms with E-state index in [9.17, 15) is 9.59 Å². The maximum absolute atomic E-state index is 12.4. The number of primary amides is 2. The average Bonchev–Trinajstić information content (AvgIpc) is 3.03. The lowest BCUT2D eigenvalue weighted by molar-refractivity contribution is 0.0988. The van der Waals surface area contributed by atoms with Gasteiger partial charge < -0.3 is 25.7 Å². The number of hydrogen-bond donors (Lipinski definition) is 2. The number of hydrogen-bond acceptors (Lipinski definition) is 5. The molecule has 8 heteroatoms. The van der Waals surface area contributed by atoms with Crippen molar-refractivity contribution in [3.8, 4) is 22.9 Å². The van der Waals surface area contributed by atoms with Crippen LogP contribution in [0.5, 0.6) is 17.2 Å². The minimum atomic E-state index is -0.750. The number of unbranched alkanes of at least 4 members (excludes halogenated alkanes) is 2. The zero-order valence-electron chi connectivity index (χ0n) is 17.2. The summed E-state index contributed by atoms with van der Waals surface area (Å²) in [4.78, 5) is 24.8. The highest BCUT2D eigenvalue weighted by molar-refractivity contribution is 6.03. The van der Waals surface area contributed by atoms with E-state index in [4.69, 9.17) is 25.7 Å². The number of nitrogens with two attached hydrogens (primary N) is 2. The molecular formula is C21H29N3O5. The number of benzene rings is 1. The number of carbonyl (C=O) groups excluding carboxylic acids is 2. The molecule has 8 nitrogen and oxygen atoms in total. The van der Waals surface area contributed by atoms with Gasteiger partial charge in [0.2, 0.25) is 0 Å². The molecule has 1 heterocycles. The van der Waals surface area contributed by atoms with Gasteiger partial charge in [-0.25, -0.2) is 0 Å². The quantitative estimate of drug-likeness (QED) is 0.528. The van der Waals surface area contributed by atoms with Crippen LogP contribution in [-0.4, -0.2) is 36.7 Å². The summed E-state index contributed by atoms with van der Waals surface area (Å²) in [6, 6.07) is 6.81.